The lowest BCUT2D eigenvalue weighted by atomic mass is 10.2. The lowest BCUT2D eigenvalue weighted by Crippen LogP contribution is -2.43. The highest BCUT2D eigenvalue weighted by Gasteiger charge is 2.23. The van der Waals surface area contributed by atoms with Crippen LogP contribution in [0.15, 0.2) is 0 Å². The number of carbonyl (C=O) groups excluding carboxylic acids is 2. The number of primary amides is 1. The van der Waals surface area contributed by atoms with Crippen molar-refractivity contribution in [1.82, 2.24) is 5.32 Å². The van der Waals surface area contributed by atoms with Crippen LogP contribution in [-0.4, -0.2) is 24.4 Å². The summed E-state index contributed by atoms with van der Waals surface area (Å²) in [5, 5.41) is 2.68. The quantitative estimate of drug-likeness (QED) is 0.497. The van der Waals surface area contributed by atoms with Gasteiger partial charge < -0.3 is 16.8 Å². The fourth-order valence-electron chi connectivity index (χ4n) is 1.01. The van der Waals surface area contributed by atoms with Crippen molar-refractivity contribution < 1.29 is 9.59 Å². The monoisotopic (exact) mass is 185 g/mol. The maximum Gasteiger partial charge on any atom is 0.237 e. The van der Waals surface area contributed by atoms with E-state index < -0.39 is 11.9 Å². The van der Waals surface area contributed by atoms with E-state index in [-0.39, 0.29) is 12.3 Å². The Balaban J connectivity index is 2.16. The third-order valence-electron chi connectivity index (χ3n) is 2.02. The molecule has 0 aromatic rings. The molecule has 1 fully saturated rings. The first-order chi connectivity index (χ1) is 6.09. The summed E-state index contributed by atoms with van der Waals surface area (Å²) < 4.78 is 0. The van der Waals surface area contributed by atoms with Crippen LogP contribution in [-0.2, 0) is 9.59 Å². The van der Waals surface area contributed by atoms with Gasteiger partial charge in [0.2, 0.25) is 11.8 Å². The Kier molecular flexibility index (Phi) is 3.25. The van der Waals surface area contributed by atoms with Gasteiger partial charge in [0, 0.05) is 6.54 Å². The van der Waals surface area contributed by atoms with Crippen molar-refractivity contribution >= 4 is 11.8 Å². The van der Waals surface area contributed by atoms with Crippen LogP contribution >= 0.6 is 0 Å². The van der Waals surface area contributed by atoms with Gasteiger partial charge in [0.05, 0.1) is 12.5 Å². The van der Waals surface area contributed by atoms with Crippen LogP contribution < -0.4 is 16.8 Å². The second kappa shape index (κ2) is 4.23. The zero-order valence-electron chi connectivity index (χ0n) is 7.45. The zero-order valence-corrected chi connectivity index (χ0v) is 7.45. The normalized spacial score (nSPS) is 17.9. The molecule has 1 saturated carbocycles. The smallest absolute Gasteiger partial charge is 0.237 e. The molecule has 1 aliphatic rings. The molecule has 5 heteroatoms. The summed E-state index contributed by atoms with van der Waals surface area (Å²) in [6, 6.07) is -0.795. The van der Waals surface area contributed by atoms with Crippen molar-refractivity contribution in [2.24, 2.45) is 17.4 Å². The van der Waals surface area contributed by atoms with Crippen molar-refractivity contribution in [2.45, 2.75) is 25.3 Å². The lowest BCUT2D eigenvalue weighted by molar-refractivity contribution is -0.126. The molecule has 0 bridgehead atoms. The predicted octanol–water partition coefficient (Wildman–Crippen LogP) is -1.28. The average molecular weight is 185 g/mol. The Morgan fingerprint density at radius 2 is 2.08 bits per heavy atom. The van der Waals surface area contributed by atoms with E-state index in [0.29, 0.717) is 12.5 Å². The number of carbonyl (C=O) groups is 2. The van der Waals surface area contributed by atoms with Crippen molar-refractivity contribution in [3.05, 3.63) is 0 Å². The van der Waals surface area contributed by atoms with E-state index in [1.807, 2.05) is 0 Å². The van der Waals surface area contributed by atoms with Crippen LogP contribution in [0.5, 0.6) is 0 Å². The van der Waals surface area contributed by atoms with E-state index in [4.69, 9.17) is 11.5 Å². The standard InChI is InChI=1S/C8H15N3O2/c9-6(3-7(10)12)8(13)11-4-5-1-2-5/h5-6H,1-4,9H2,(H2,10,12)(H,11,13). The average Bonchev–Trinajstić information content (AvgIpc) is 2.81. The fourth-order valence-corrected chi connectivity index (χ4v) is 1.01. The van der Waals surface area contributed by atoms with Crippen LogP contribution in [0.3, 0.4) is 0 Å². The molecular formula is C8H15N3O2. The Morgan fingerprint density at radius 1 is 1.46 bits per heavy atom. The Morgan fingerprint density at radius 3 is 2.54 bits per heavy atom. The van der Waals surface area contributed by atoms with Gasteiger partial charge in [0.15, 0.2) is 0 Å². The first-order valence-corrected chi connectivity index (χ1v) is 4.41. The van der Waals surface area contributed by atoms with Gasteiger partial charge in [0.25, 0.3) is 0 Å². The number of hydrogen-bond donors (Lipinski definition) is 3. The minimum absolute atomic E-state index is 0.0868. The molecule has 1 aliphatic carbocycles. The third kappa shape index (κ3) is 3.89. The van der Waals surface area contributed by atoms with Crippen LogP contribution in [0.1, 0.15) is 19.3 Å². The van der Waals surface area contributed by atoms with Crippen LogP contribution in [0.4, 0.5) is 0 Å². The second-order valence-electron chi connectivity index (χ2n) is 3.47. The van der Waals surface area contributed by atoms with E-state index in [0.717, 1.165) is 0 Å². The number of rotatable bonds is 5. The van der Waals surface area contributed by atoms with Gasteiger partial charge in [-0.2, -0.15) is 0 Å². The SMILES string of the molecule is NC(=O)CC(N)C(=O)NCC1CC1. The van der Waals surface area contributed by atoms with Crippen LogP contribution in [0.2, 0.25) is 0 Å². The van der Waals surface area contributed by atoms with Crippen molar-refractivity contribution in [3.63, 3.8) is 0 Å². The summed E-state index contributed by atoms with van der Waals surface area (Å²) in [7, 11) is 0. The highest BCUT2D eigenvalue weighted by Crippen LogP contribution is 2.27. The molecule has 1 unspecified atom stereocenters. The molecule has 0 aromatic carbocycles. The van der Waals surface area contributed by atoms with Crippen LogP contribution in [0.25, 0.3) is 0 Å². The molecule has 2 amide bonds. The largest absolute Gasteiger partial charge is 0.370 e. The van der Waals surface area contributed by atoms with Gasteiger partial charge in [-0.1, -0.05) is 0 Å². The van der Waals surface area contributed by atoms with Crippen molar-refractivity contribution in [3.8, 4) is 0 Å². The lowest BCUT2D eigenvalue weighted by Gasteiger charge is -2.09. The number of amides is 2. The first kappa shape index (κ1) is 9.98. The number of nitrogens with two attached hydrogens (primary N) is 2. The highest BCUT2D eigenvalue weighted by molar-refractivity contribution is 5.87. The predicted molar refractivity (Wildman–Crippen MR) is 47.5 cm³/mol. The number of hydrogen-bond acceptors (Lipinski definition) is 3. The third-order valence-corrected chi connectivity index (χ3v) is 2.02. The summed E-state index contributed by atoms with van der Waals surface area (Å²) in [4.78, 5) is 21.6. The molecule has 0 aliphatic heterocycles. The molecule has 13 heavy (non-hydrogen) atoms. The van der Waals surface area contributed by atoms with Gasteiger partial charge in [-0.25, -0.2) is 0 Å². The maximum absolute atomic E-state index is 11.2. The molecule has 0 spiro atoms. The van der Waals surface area contributed by atoms with E-state index in [1.165, 1.54) is 12.8 Å². The summed E-state index contributed by atoms with van der Waals surface area (Å²) in [5.41, 5.74) is 10.3. The minimum atomic E-state index is -0.795. The minimum Gasteiger partial charge on any atom is -0.370 e. The summed E-state index contributed by atoms with van der Waals surface area (Å²) in [6.07, 6.45) is 2.26. The Labute approximate surface area is 76.8 Å². The molecule has 0 radical (unpaired) electrons. The van der Waals surface area contributed by atoms with Gasteiger partial charge in [-0.05, 0) is 18.8 Å². The summed E-state index contributed by atoms with van der Waals surface area (Å²) >= 11 is 0. The topological polar surface area (TPSA) is 98.2 Å². The van der Waals surface area contributed by atoms with Gasteiger partial charge >= 0.3 is 0 Å². The molecule has 0 saturated heterocycles. The highest BCUT2D eigenvalue weighted by atomic mass is 16.2. The molecule has 5 N–H and O–H groups in total. The molecule has 0 aromatic heterocycles. The molecule has 5 nitrogen and oxygen atoms in total. The molecule has 0 heterocycles. The van der Waals surface area contributed by atoms with Crippen LogP contribution in [0, 0.1) is 5.92 Å². The first-order valence-electron chi connectivity index (χ1n) is 4.41. The molecule has 1 rings (SSSR count). The van der Waals surface area contributed by atoms with Gasteiger partial charge in [-0.15, -0.1) is 0 Å². The van der Waals surface area contributed by atoms with E-state index in [1.54, 1.807) is 0 Å². The fraction of sp³-hybridized carbons (Fsp3) is 0.750. The Bertz CT molecular complexity index is 213. The second-order valence-corrected chi connectivity index (χ2v) is 3.47. The van der Waals surface area contributed by atoms with E-state index in [2.05, 4.69) is 5.32 Å². The zero-order chi connectivity index (χ0) is 9.84. The van der Waals surface area contributed by atoms with E-state index >= 15 is 0 Å². The molecule has 1 atom stereocenters. The molecule has 74 valence electrons. The molecular weight excluding hydrogens is 170 g/mol. The Hall–Kier alpha value is -1.10. The summed E-state index contributed by atoms with van der Waals surface area (Å²) in [5.74, 6) is -0.218. The van der Waals surface area contributed by atoms with E-state index in [9.17, 15) is 9.59 Å². The van der Waals surface area contributed by atoms with Crippen molar-refractivity contribution in [1.29, 1.82) is 0 Å². The van der Waals surface area contributed by atoms with Crippen molar-refractivity contribution in [2.75, 3.05) is 6.54 Å². The van der Waals surface area contributed by atoms with Gasteiger partial charge in [0.1, 0.15) is 0 Å². The van der Waals surface area contributed by atoms with Gasteiger partial charge in [-0.3, -0.25) is 9.59 Å². The maximum atomic E-state index is 11.2. The number of nitrogens with one attached hydrogen (secondary N) is 1. The summed E-state index contributed by atoms with van der Waals surface area (Å²) in [6.45, 7) is 0.672.